The average molecular weight is 322 g/mol. The van der Waals surface area contributed by atoms with Crippen LogP contribution in [0.25, 0.3) is 0 Å². The maximum absolute atomic E-state index is 11.7. The summed E-state index contributed by atoms with van der Waals surface area (Å²) in [6.07, 6.45) is 3.56. The van der Waals surface area contributed by atoms with E-state index in [0.717, 1.165) is 5.03 Å². The van der Waals surface area contributed by atoms with Crippen molar-refractivity contribution in [3.63, 3.8) is 0 Å². The van der Waals surface area contributed by atoms with Crippen LogP contribution in [0.2, 0.25) is 0 Å². The number of carbonyl (C=O) groups is 1. The van der Waals surface area contributed by atoms with Crippen molar-refractivity contribution in [1.29, 1.82) is 0 Å². The topological polar surface area (TPSA) is 91.0 Å². The lowest BCUT2D eigenvalue weighted by Gasteiger charge is -2.06. The number of carbonyl (C=O) groups excluding carboxylic acids is 1. The van der Waals surface area contributed by atoms with Gasteiger partial charge in [-0.2, -0.15) is 0 Å². The molecule has 2 rings (SSSR count). The Labute approximate surface area is 130 Å². The molecule has 0 radical (unpaired) electrons. The van der Waals surface area contributed by atoms with E-state index in [1.165, 1.54) is 30.6 Å². The Kier molecular flexibility index (Phi) is 5.40. The fourth-order valence-electron chi connectivity index (χ4n) is 1.57. The van der Waals surface area contributed by atoms with Crippen LogP contribution < -0.4 is 5.73 Å². The fraction of sp³-hybridized carbons (Fsp3) is 0.231. The molecule has 0 atom stereocenters. The first-order valence-corrected chi connectivity index (χ1v) is 8.18. The molecule has 0 bridgehead atoms. The number of nitrogens with zero attached hydrogens (tertiary/aromatic N) is 3. The second-order valence-corrected chi connectivity index (χ2v) is 5.66. The zero-order valence-corrected chi connectivity index (χ0v) is 13.2. The summed E-state index contributed by atoms with van der Waals surface area (Å²) in [6.45, 7) is 0. The number of thioether (sulfide) groups is 2. The van der Waals surface area contributed by atoms with Gasteiger partial charge in [-0.1, -0.05) is 11.8 Å². The second-order valence-electron chi connectivity index (χ2n) is 3.90. The Hall–Kier alpha value is -1.80. The first-order chi connectivity index (χ1) is 10.1. The molecule has 2 heterocycles. The van der Waals surface area contributed by atoms with E-state index in [-0.39, 0.29) is 0 Å². The third kappa shape index (κ3) is 4.08. The summed E-state index contributed by atoms with van der Waals surface area (Å²) in [7, 11) is 1.35. The molecule has 0 aliphatic carbocycles. The Morgan fingerprint density at radius 2 is 2.24 bits per heavy atom. The Morgan fingerprint density at radius 1 is 1.43 bits per heavy atom. The van der Waals surface area contributed by atoms with Gasteiger partial charge in [-0.3, -0.25) is 4.98 Å². The largest absolute Gasteiger partial charge is 0.465 e. The van der Waals surface area contributed by atoms with Gasteiger partial charge in [0.25, 0.3) is 0 Å². The molecule has 0 aliphatic rings. The number of ether oxygens (including phenoxy) is 1. The summed E-state index contributed by atoms with van der Waals surface area (Å²) >= 11 is 2.87. The van der Waals surface area contributed by atoms with Crippen LogP contribution in [0.4, 0.5) is 5.82 Å². The van der Waals surface area contributed by atoms with E-state index >= 15 is 0 Å². The van der Waals surface area contributed by atoms with Crippen molar-refractivity contribution in [3.8, 4) is 0 Å². The van der Waals surface area contributed by atoms with Gasteiger partial charge in [-0.05, 0) is 18.4 Å². The van der Waals surface area contributed by atoms with Crippen molar-refractivity contribution in [2.45, 2.75) is 15.9 Å². The standard InChI is InChI=1S/C13H14N4O2S2/c1-19-12(18)8-4-3-5-15-9(8)7-21-13-16-10(14)6-11(17-13)20-2/h3-6H,7H2,1-2H3,(H2,14,16,17). The van der Waals surface area contributed by atoms with Crippen molar-refractivity contribution >= 4 is 35.3 Å². The van der Waals surface area contributed by atoms with Gasteiger partial charge in [0.2, 0.25) is 0 Å². The first-order valence-electron chi connectivity index (χ1n) is 5.97. The normalized spacial score (nSPS) is 10.4. The van der Waals surface area contributed by atoms with Crippen LogP contribution in [0, 0.1) is 0 Å². The van der Waals surface area contributed by atoms with E-state index in [9.17, 15) is 4.79 Å². The van der Waals surface area contributed by atoms with E-state index in [1.807, 2.05) is 6.26 Å². The number of aromatic nitrogens is 3. The molecule has 0 fully saturated rings. The molecule has 0 unspecified atom stereocenters. The van der Waals surface area contributed by atoms with Gasteiger partial charge in [-0.15, -0.1) is 11.8 Å². The highest BCUT2D eigenvalue weighted by molar-refractivity contribution is 7.99. The Bertz CT molecular complexity index is 652. The molecule has 2 N–H and O–H groups in total. The highest BCUT2D eigenvalue weighted by Crippen LogP contribution is 2.24. The van der Waals surface area contributed by atoms with Crippen LogP contribution in [0.15, 0.2) is 34.6 Å². The molecule has 0 spiro atoms. The lowest BCUT2D eigenvalue weighted by atomic mass is 10.2. The number of nitrogens with two attached hydrogens (primary N) is 1. The summed E-state index contributed by atoms with van der Waals surface area (Å²) in [5.74, 6) is 0.478. The van der Waals surface area contributed by atoms with Crippen molar-refractivity contribution in [3.05, 3.63) is 35.7 Å². The fourth-order valence-corrected chi connectivity index (χ4v) is 2.87. The zero-order chi connectivity index (χ0) is 15.2. The second kappa shape index (κ2) is 7.28. The minimum atomic E-state index is -0.406. The number of nitrogen functional groups attached to an aromatic ring is 1. The summed E-state index contributed by atoms with van der Waals surface area (Å²) in [5, 5.41) is 1.36. The quantitative estimate of drug-likeness (QED) is 0.388. The molecule has 110 valence electrons. The lowest BCUT2D eigenvalue weighted by Crippen LogP contribution is -2.06. The maximum Gasteiger partial charge on any atom is 0.339 e. The zero-order valence-electron chi connectivity index (χ0n) is 11.6. The number of esters is 1. The van der Waals surface area contributed by atoms with Gasteiger partial charge in [0, 0.05) is 18.0 Å². The van der Waals surface area contributed by atoms with E-state index in [0.29, 0.717) is 28.0 Å². The summed E-state index contributed by atoms with van der Waals surface area (Å²) in [5.41, 5.74) is 6.81. The number of methoxy groups -OCH3 is 1. The molecular weight excluding hydrogens is 308 g/mol. The summed E-state index contributed by atoms with van der Waals surface area (Å²) < 4.78 is 4.74. The SMILES string of the molecule is COC(=O)c1cccnc1CSc1nc(N)cc(SC)n1. The Morgan fingerprint density at radius 3 is 2.95 bits per heavy atom. The monoisotopic (exact) mass is 322 g/mol. The predicted octanol–water partition coefficient (Wildman–Crippen LogP) is 2.25. The number of anilines is 1. The van der Waals surface area contributed by atoms with Crippen molar-refractivity contribution in [2.24, 2.45) is 0 Å². The highest BCUT2D eigenvalue weighted by atomic mass is 32.2. The van der Waals surface area contributed by atoms with Gasteiger partial charge in [-0.25, -0.2) is 14.8 Å². The first kappa shape index (κ1) is 15.6. The molecule has 8 heteroatoms. The third-order valence-corrected chi connectivity index (χ3v) is 4.03. The van der Waals surface area contributed by atoms with Crippen LogP contribution in [-0.4, -0.2) is 34.3 Å². The molecule has 2 aromatic rings. The molecule has 6 nitrogen and oxygen atoms in total. The van der Waals surface area contributed by atoms with E-state index < -0.39 is 5.97 Å². The summed E-state index contributed by atoms with van der Waals surface area (Å²) in [6, 6.07) is 5.10. The molecule has 21 heavy (non-hydrogen) atoms. The van der Waals surface area contributed by atoms with Crippen molar-refractivity contribution in [2.75, 3.05) is 19.1 Å². The lowest BCUT2D eigenvalue weighted by molar-refractivity contribution is 0.0599. The molecule has 0 saturated carbocycles. The number of hydrogen-bond donors (Lipinski definition) is 1. The van der Waals surface area contributed by atoms with Crippen molar-refractivity contribution in [1.82, 2.24) is 15.0 Å². The minimum Gasteiger partial charge on any atom is -0.465 e. The van der Waals surface area contributed by atoms with E-state index in [2.05, 4.69) is 15.0 Å². The van der Waals surface area contributed by atoms with Crippen LogP contribution >= 0.6 is 23.5 Å². The van der Waals surface area contributed by atoms with Gasteiger partial charge < -0.3 is 10.5 Å². The smallest absolute Gasteiger partial charge is 0.339 e. The minimum absolute atomic E-state index is 0.406. The van der Waals surface area contributed by atoms with Crippen molar-refractivity contribution < 1.29 is 9.53 Å². The highest BCUT2D eigenvalue weighted by Gasteiger charge is 2.13. The van der Waals surface area contributed by atoms with Crippen LogP contribution in [0.3, 0.4) is 0 Å². The van der Waals surface area contributed by atoms with E-state index in [4.69, 9.17) is 10.5 Å². The van der Waals surface area contributed by atoms with Gasteiger partial charge in [0.1, 0.15) is 10.8 Å². The van der Waals surface area contributed by atoms with Crippen LogP contribution in [0.1, 0.15) is 16.1 Å². The predicted molar refractivity (Wildman–Crippen MR) is 83.4 cm³/mol. The third-order valence-electron chi connectivity index (χ3n) is 2.54. The molecule has 2 aromatic heterocycles. The van der Waals surface area contributed by atoms with Crippen LogP contribution in [0.5, 0.6) is 0 Å². The molecule has 0 saturated heterocycles. The van der Waals surface area contributed by atoms with Gasteiger partial charge in [0.15, 0.2) is 5.16 Å². The van der Waals surface area contributed by atoms with Crippen LogP contribution in [-0.2, 0) is 10.5 Å². The number of rotatable bonds is 5. The molecular formula is C13H14N4O2S2. The van der Waals surface area contributed by atoms with Gasteiger partial charge in [0.05, 0.1) is 18.4 Å². The number of pyridine rings is 1. The molecule has 0 aromatic carbocycles. The molecule has 0 aliphatic heterocycles. The summed E-state index contributed by atoms with van der Waals surface area (Å²) in [4.78, 5) is 24.4. The van der Waals surface area contributed by atoms with E-state index in [1.54, 1.807) is 24.4 Å². The number of hydrogen-bond acceptors (Lipinski definition) is 8. The van der Waals surface area contributed by atoms with Gasteiger partial charge >= 0.3 is 5.97 Å². The Balaban J connectivity index is 2.17. The maximum atomic E-state index is 11.7. The molecule has 0 amide bonds. The average Bonchev–Trinajstić information content (AvgIpc) is 2.51.